The van der Waals surface area contributed by atoms with Gasteiger partial charge < -0.3 is 10.0 Å². The first-order valence-corrected chi connectivity index (χ1v) is 10.2. The number of hydrogen-bond acceptors (Lipinski definition) is 3. The van der Waals surface area contributed by atoms with E-state index in [0.29, 0.717) is 24.8 Å². The molecule has 4 nitrogen and oxygen atoms in total. The summed E-state index contributed by atoms with van der Waals surface area (Å²) in [5, 5.41) is 18.6. The van der Waals surface area contributed by atoms with Crippen LogP contribution in [0.5, 0.6) is 0 Å². The molecule has 0 radical (unpaired) electrons. The summed E-state index contributed by atoms with van der Waals surface area (Å²) in [6, 6.07) is 7.67. The zero-order valence-corrected chi connectivity index (χ0v) is 16.6. The highest BCUT2D eigenvalue weighted by molar-refractivity contribution is 5.95. The molecular weight excluding hydrogens is 381 g/mol. The lowest BCUT2D eigenvalue weighted by Gasteiger charge is -2.37. The molecule has 0 spiro atoms. The predicted octanol–water partition coefficient (Wildman–Crippen LogP) is 4.92. The summed E-state index contributed by atoms with van der Waals surface area (Å²) in [4.78, 5) is 15.1. The van der Waals surface area contributed by atoms with Gasteiger partial charge in [-0.25, -0.2) is 0 Å². The summed E-state index contributed by atoms with van der Waals surface area (Å²) < 4.78 is 39.1. The number of halogens is 3. The van der Waals surface area contributed by atoms with Gasteiger partial charge in [-0.3, -0.25) is 4.79 Å². The Bertz CT molecular complexity index is 756. The second-order valence-corrected chi connectivity index (χ2v) is 8.46. The molecule has 158 valence electrons. The van der Waals surface area contributed by atoms with Gasteiger partial charge in [-0.2, -0.15) is 18.4 Å². The Morgan fingerprint density at radius 2 is 1.62 bits per heavy atom. The SMILES string of the molecule is C[C@](O)(c1ccc(C(=O)N(C2CC2)[C@H]2CC[C@@H](CCC#N)CC2)cc1)C(F)(F)F. The number of nitriles is 1. The molecular formula is C22H27F3N2O2. The Balaban J connectivity index is 1.70. The van der Waals surface area contributed by atoms with E-state index in [0.717, 1.165) is 44.9 Å². The maximum atomic E-state index is 13.1. The van der Waals surface area contributed by atoms with Crippen LogP contribution in [0.3, 0.4) is 0 Å². The van der Waals surface area contributed by atoms with Crippen LogP contribution < -0.4 is 0 Å². The number of alkyl halides is 3. The van der Waals surface area contributed by atoms with Crippen molar-refractivity contribution in [3.8, 4) is 6.07 Å². The normalized spacial score (nSPS) is 24.4. The summed E-state index contributed by atoms with van der Waals surface area (Å²) in [6.07, 6.45) is 2.39. The van der Waals surface area contributed by atoms with Crippen molar-refractivity contribution < 1.29 is 23.1 Å². The standard InChI is InChI=1S/C22H27F3N2O2/c1-21(29,22(23,24)25)17-8-6-16(7-9-17)20(28)27(19-12-13-19)18-10-4-15(5-11-18)3-2-14-26/h6-9,15,18-19,29H,2-5,10-13H2,1H3/t15-,18+,21-/m0/s1. The van der Waals surface area contributed by atoms with Crippen LogP contribution in [0.15, 0.2) is 24.3 Å². The van der Waals surface area contributed by atoms with Crippen molar-refractivity contribution in [2.24, 2.45) is 5.92 Å². The number of hydrogen-bond donors (Lipinski definition) is 1. The van der Waals surface area contributed by atoms with E-state index in [-0.39, 0.29) is 23.6 Å². The van der Waals surface area contributed by atoms with Gasteiger partial charge in [0.25, 0.3) is 5.91 Å². The molecule has 2 aliphatic carbocycles. The second-order valence-electron chi connectivity index (χ2n) is 8.46. The molecule has 29 heavy (non-hydrogen) atoms. The first-order chi connectivity index (χ1) is 13.6. The molecule has 2 fully saturated rings. The minimum Gasteiger partial charge on any atom is -0.376 e. The summed E-state index contributed by atoms with van der Waals surface area (Å²) in [6.45, 7) is 0.713. The van der Waals surface area contributed by atoms with Gasteiger partial charge >= 0.3 is 6.18 Å². The molecule has 0 bridgehead atoms. The summed E-state index contributed by atoms with van der Waals surface area (Å²) >= 11 is 0. The third kappa shape index (κ3) is 4.75. The van der Waals surface area contributed by atoms with Crippen LogP contribution in [0, 0.1) is 17.2 Å². The van der Waals surface area contributed by atoms with Crippen LogP contribution in [0.4, 0.5) is 13.2 Å². The smallest absolute Gasteiger partial charge is 0.376 e. The zero-order chi connectivity index (χ0) is 21.2. The minimum atomic E-state index is -4.79. The number of rotatable bonds is 6. The topological polar surface area (TPSA) is 64.3 Å². The van der Waals surface area contributed by atoms with E-state index in [1.165, 1.54) is 24.3 Å². The fourth-order valence-electron chi connectivity index (χ4n) is 4.21. The Morgan fingerprint density at radius 1 is 1.10 bits per heavy atom. The number of amides is 1. The quantitative estimate of drug-likeness (QED) is 0.726. The van der Waals surface area contributed by atoms with E-state index in [9.17, 15) is 23.1 Å². The largest absolute Gasteiger partial charge is 0.421 e. The minimum absolute atomic E-state index is 0.145. The highest BCUT2D eigenvalue weighted by Crippen LogP contribution is 2.40. The second kappa shape index (κ2) is 8.35. The molecule has 0 aromatic heterocycles. The molecule has 1 aromatic rings. The Morgan fingerprint density at radius 3 is 2.07 bits per heavy atom. The van der Waals surface area contributed by atoms with Crippen LogP contribution >= 0.6 is 0 Å². The lowest BCUT2D eigenvalue weighted by atomic mass is 9.82. The van der Waals surface area contributed by atoms with Crippen LogP contribution in [0.25, 0.3) is 0 Å². The Hall–Kier alpha value is -2.07. The maximum absolute atomic E-state index is 13.1. The van der Waals surface area contributed by atoms with Crippen LogP contribution in [-0.4, -0.2) is 34.2 Å². The van der Waals surface area contributed by atoms with Crippen molar-refractivity contribution in [2.45, 2.75) is 82.2 Å². The molecule has 1 aromatic carbocycles. The predicted molar refractivity (Wildman–Crippen MR) is 102 cm³/mol. The van der Waals surface area contributed by atoms with Gasteiger partial charge in [0.2, 0.25) is 0 Å². The number of nitrogens with zero attached hydrogens (tertiary/aromatic N) is 2. The van der Waals surface area contributed by atoms with E-state index in [1.54, 1.807) is 0 Å². The maximum Gasteiger partial charge on any atom is 0.421 e. The first-order valence-electron chi connectivity index (χ1n) is 10.2. The van der Waals surface area contributed by atoms with Gasteiger partial charge in [-0.15, -0.1) is 0 Å². The number of aliphatic hydroxyl groups is 1. The number of carbonyl (C=O) groups excluding carboxylic acids is 1. The molecule has 7 heteroatoms. The van der Waals surface area contributed by atoms with Gasteiger partial charge in [0, 0.05) is 24.1 Å². The third-order valence-electron chi connectivity index (χ3n) is 6.29. The van der Waals surface area contributed by atoms with E-state index in [1.807, 2.05) is 4.90 Å². The van der Waals surface area contributed by atoms with Gasteiger partial charge in [0.15, 0.2) is 5.60 Å². The fourth-order valence-corrected chi connectivity index (χ4v) is 4.21. The molecule has 3 rings (SSSR count). The van der Waals surface area contributed by atoms with Crippen molar-refractivity contribution in [2.75, 3.05) is 0 Å². The average molecular weight is 408 g/mol. The zero-order valence-electron chi connectivity index (χ0n) is 16.6. The van der Waals surface area contributed by atoms with Gasteiger partial charge in [-0.05, 0) is 75.5 Å². The number of carbonyl (C=O) groups is 1. The molecule has 0 saturated heterocycles. The van der Waals surface area contributed by atoms with Crippen molar-refractivity contribution >= 4 is 5.91 Å². The third-order valence-corrected chi connectivity index (χ3v) is 6.29. The Kier molecular flexibility index (Phi) is 6.23. The van der Waals surface area contributed by atoms with E-state index in [2.05, 4.69) is 6.07 Å². The highest BCUT2D eigenvalue weighted by atomic mass is 19.4. The lowest BCUT2D eigenvalue weighted by molar-refractivity contribution is -0.258. The monoisotopic (exact) mass is 408 g/mol. The van der Waals surface area contributed by atoms with E-state index < -0.39 is 11.8 Å². The Labute approximate surface area is 169 Å². The fraction of sp³-hybridized carbons (Fsp3) is 0.636. The molecule has 1 N–H and O–H groups in total. The van der Waals surface area contributed by atoms with Gasteiger partial charge in [0.1, 0.15) is 0 Å². The summed E-state index contributed by atoms with van der Waals surface area (Å²) in [7, 11) is 0. The van der Waals surface area contributed by atoms with Gasteiger partial charge in [0.05, 0.1) is 6.07 Å². The molecule has 1 atom stereocenters. The van der Waals surface area contributed by atoms with Crippen LogP contribution in [-0.2, 0) is 5.60 Å². The summed E-state index contributed by atoms with van der Waals surface area (Å²) in [5.41, 5.74) is -2.88. The average Bonchev–Trinajstić information content (AvgIpc) is 3.51. The molecule has 0 aliphatic heterocycles. The molecule has 0 heterocycles. The van der Waals surface area contributed by atoms with Crippen molar-refractivity contribution in [3.63, 3.8) is 0 Å². The molecule has 2 aliphatic rings. The van der Waals surface area contributed by atoms with Crippen molar-refractivity contribution in [1.82, 2.24) is 4.90 Å². The molecule has 1 amide bonds. The van der Waals surface area contributed by atoms with E-state index in [4.69, 9.17) is 5.26 Å². The molecule has 2 saturated carbocycles. The van der Waals surface area contributed by atoms with Crippen LogP contribution in [0.2, 0.25) is 0 Å². The highest BCUT2D eigenvalue weighted by Gasteiger charge is 2.51. The lowest BCUT2D eigenvalue weighted by Crippen LogP contribution is -2.44. The summed E-state index contributed by atoms with van der Waals surface area (Å²) in [5.74, 6) is 0.386. The van der Waals surface area contributed by atoms with E-state index >= 15 is 0 Å². The van der Waals surface area contributed by atoms with Crippen molar-refractivity contribution in [3.05, 3.63) is 35.4 Å². The first kappa shape index (κ1) is 21.6. The van der Waals surface area contributed by atoms with Crippen molar-refractivity contribution in [1.29, 1.82) is 5.26 Å². The molecule has 0 unspecified atom stereocenters. The number of benzene rings is 1. The van der Waals surface area contributed by atoms with Gasteiger partial charge in [-0.1, -0.05) is 12.1 Å². The van der Waals surface area contributed by atoms with Crippen LogP contribution in [0.1, 0.15) is 74.2 Å².